The van der Waals surface area contributed by atoms with Gasteiger partial charge < -0.3 is 10.0 Å². The molecule has 23 heavy (non-hydrogen) atoms. The lowest BCUT2D eigenvalue weighted by Gasteiger charge is -2.36. The molecular formula is C15H21N3O4S. The molecule has 7 nitrogen and oxygen atoms in total. The van der Waals surface area contributed by atoms with Gasteiger partial charge in [-0.25, -0.2) is 9.71 Å². The Labute approximate surface area is 135 Å². The van der Waals surface area contributed by atoms with E-state index in [4.69, 9.17) is 0 Å². The highest BCUT2D eigenvalue weighted by atomic mass is 32.2. The summed E-state index contributed by atoms with van der Waals surface area (Å²) in [5.74, 6) is -0.0919. The minimum atomic E-state index is -3.94. The predicted molar refractivity (Wildman–Crippen MR) is 84.4 cm³/mol. The lowest BCUT2D eigenvalue weighted by atomic mass is 9.94. The van der Waals surface area contributed by atoms with E-state index in [1.807, 2.05) is 4.90 Å². The number of aliphatic hydroxyl groups is 1. The largest absolute Gasteiger partial charge is 0.390 e. The fourth-order valence-electron chi connectivity index (χ4n) is 2.56. The van der Waals surface area contributed by atoms with Crippen LogP contribution in [0.5, 0.6) is 0 Å². The lowest BCUT2D eigenvalue weighted by molar-refractivity contribution is -0.120. The molecule has 0 atom stereocenters. The van der Waals surface area contributed by atoms with Gasteiger partial charge in [-0.3, -0.25) is 4.79 Å². The molecule has 0 bridgehead atoms. The summed E-state index contributed by atoms with van der Waals surface area (Å²) in [6, 6.07) is 4.74. The Kier molecular flexibility index (Phi) is 4.05. The average molecular weight is 339 g/mol. The number of hydrogen-bond acceptors (Lipinski definition) is 6. The molecule has 2 aliphatic rings. The Morgan fingerprint density at radius 1 is 1.35 bits per heavy atom. The molecule has 0 spiro atoms. The van der Waals surface area contributed by atoms with Crippen molar-refractivity contribution in [3.63, 3.8) is 0 Å². The molecular weight excluding hydrogens is 318 g/mol. The molecule has 1 saturated carbocycles. The first-order chi connectivity index (χ1) is 10.8. The van der Waals surface area contributed by atoms with Crippen LogP contribution in [0.25, 0.3) is 0 Å². The van der Waals surface area contributed by atoms with Crippen LogP contribution in [0, 0.1) is 5.92 Å². The number of nitrogens with one attached hydrogen (secondary N) is 1. The molecule has 8 heteroatoms. The van der Waals surface area contributed by atoms with Crippen LogP contribution in [0.2, 0.25) is 0 Å². The monoisotopic (exact) mass is 339 g/mol. The van der Waals surface area contributed by atoms with Crippen molar-refractivity contribution in [3.8, 4) is 0 Å². The average Bonchev–Trinajstić information content (AvgIpc) is 3.31. The van der Waals surface area contributed by atoms with E-state index in [-0.39, 0.29) is 10.9 Å². The number of hydrogen-bond donors (Lipinski definition) is 2. The van der Waals surface area contributed by atoms with Crippen LogP contribution in [-0.4, -0.2) is 43.1 Å². The Morgan fingerprint density at radius 2 is 2.00 bits per heavy atom. The Balaban J connectivity index is 1.75. The number of carbonyl (C=O) groups excluding carboxylic acids is 1. The van der Waals surface area contributed by atoms with E-state index in [1.54, 1.807) is 19.1 Å². The number of aromatic nitrogens is 1. The van der Waals surface area contributed by atoms with E-state index in [9.17, 15) is 18.3 Å². The van der Waals surface area contributed by atoms with Gasteiger partial charge in [-0.05, 0) is 44.7 Å². The first-order valence-corrected chi connectivity index (χ1v) is 9.26. The van der Waals surface area contributed by atoms with E-state index >= 15 is 0 Å². The van der Waals surface area contributed by atoms with E-state index in [0.717, 1.165) is 12.8 Å². The van der Waals surface area contributed by atoms with Gasteiger partial charge in [0.25, 0.3) is 10.0 Å². The maximum Gasteiger partial charge on any atom is 0.281 e. The second kappa shape index (κ2) is 5.76. The van der Waals surface area contributed by atoms with E-state index < -0.39 is 21.5 Å². The van der Waals surface area contributed by atoms with Crippen molar-refractivity contribution in [2.75, 3.05) is 18.0 Å². The number of amides is 1. The van der Waals surface area contributed by atoms with Crippen molar-refractivity contribution in [2.45, 2.75) is 43.2 Å². The minimum absolute atomic E-state index is 0.152. The molecule has 3 rings (SSSR count). The zero-order chi connectivity index (χ0) is 16.7. The molecule has 1 amide bonds. The molecule has 1 aliphatic heterocycles. The number of carbonyl (C=O) groups is 1. The number of anilines is 1. The topological polar surface area (TPSA) is 99.6 Å². The molecule has 2 heterocycles. The van der Waals surface area contributed by atoms with Gasteiger partial charge in [0.1, 0.15) is 5.82 Å². The van der Waals surface area contributed by atoms with Crippen molar-refractivity contribution in [3.05, 3.63) is 18.2 Å². The van der Waals surface area contributed by atoms with Crippen LogP contribution in [0.4, 0.5) is 5.82 Å². The molecule has 0 unspecified atom stereocenters. The van der Waals surface area contributed by atoms with Crippen molar-refractivity contribution in [1.29, 1.82) is 0 Å². The maximum absolute atomic E-state index is 12.3. The summed E-state index contributed by atoms with van der Waals surface area (Å²) in [5, 5.41) is 9.84. The zero-order valence-corrected chi connectivity index (χ0v) is 13.8. The first kappa shape index (κ1) is 16.2. The first-order valence-electron chi connectivity index (χ1n) is 7.78. The van der Waals surface area contributed by atoms with Gasteiger partial charge in [0, 0.05) is 19.0 Å². The van der Waals surface area contributed by atoms with Gasteiger partial charge in [0.05, 0.1) is 5.60 Å². The van der Waals surface area contributed by atoms with Crippen LogP contribution in [0.15, 0.2) is 23.2 Å². The van der Waals surface area contributed by atoms with E-state index in [2.05, 4.69) is 9.71 Å². The third-order valence-corrected chi connectivity index (χ3v) is 5.58. The lowest BCUT2D eigenvalue weighted by Crippen LogP contribution is -2.43. The van der Waals surface area contributed by atoms with E-state index in [1.165, 1.54) is 6.07 Å². The molecule has 0 radical (unpaired) electrons. The van der Waals surface area contributed by atoms with Gasteiger partial charge in [0.2, 0.25) is 5.91 Å². The van der Waals surface area contributed by atoms with Crippen LogP contribution in [0.3, 0.4) is 0 Å². The molecule has 1 aromatic rings. The summed E-state index contributed by atoms with van der Waals surface area (Å²) >= 11 is 0. The smallest absolute Gasteiger partial charge is 0.281 e. The second-order valence-corrected chi connectivity index (χ2v) is 8.19. The number of nitrogens with zero attached hydrogens (tertiary/aromatic N) is 2. The van der Waals surface area contributed by atoms with Gasteiger partial charge >= 0.3 is 0 Å². The molecule has 2 fully saturated rings. The minimum Gasteiger partial charge on any atom is -0.390 e. The summed E-state index contributed by atoms with van der Waals surface area (Å²) in [5.41, 5.74) is -0.682. The molecule has 1 aromatic heterocycles. The summed E-state index contributed by atoms with van der Waals surface area (Å²) in [7, 11) is -3.94. The Bertz CT molecular complexity index is 703. The van der Waals surface area contributed by atoms with Gasteiger partial charge in [-0.15, -0.1) is 0 Å². The number of rotatable bonds is 4. The highest BCUT2D eigenvalue weighted by Crippen LogP contribution is 2.29. The SMILES string of the molecule is CC1(O)CCN(c2cccc(S(=O)(=O)NC(=O)C3CC3)n2)CC1. The molecule has 1 saturated heterocycles. The second-order valence-electron chi connectivity index (χ2n) is 6.56. The maximum atomic E-state index is 12.3. The number of pyridine rings is 1. The zero-order valence-electron chi connectivity index (χ0n) is 13.0. The van der Waals surface area contributed by atoms with Crippen molar-refractivity contribution in [2.24, 2.45) is 5.92 Å². The third-order valence-electron chi connectivity index (χ3n) is 4.33. The van der Waals surface area contributed by atoms with Gasteiger partial charge in [0.15, 0.2) is 5.03 Å². The number of sulfonamides is 1. The summed E-state index contributed by atoms with van der Waals surface area (Å²) in [6.07, 6.45) is 2.68. The standard InChI is InChI=1S/C15H21N3O4S/c1-15(20)7-9-18(10-8-15)12-3-2-4-13(16-12)23(21,22)17-14(19)11-5-6-11/h2-4,11,20H,5-10H2,1H3,(H,17,19). The summed E-state index contributed by atoms with van der Waals surface area (Å²) in [6.45, 7) is 3.02. The molecule has 1 aliphatic carbocycles. The van der Waals surface area contributed by atoms with Crippen LogP contribution < -0.4 is 9.62 Å². The third kappa shape index (κ3) is 3.81. The Hall–Kier alpha value is -1.67. The summed E-state index contributed by atoms with van der Waals surface area (Å²) < 4.78 is 26.6. The fourth-order valence-corrected chi connectivity index (χ4v) is 3.57. The summed E-state index contributed by atoms with van der Waals surface area (Å²) in [4.78, 5) is 17.8. The van der Waals surface area contributed by atoms with Gasteiger partial charge in [-0.2, -0.15) is 8.42 Å². The quantitative estimate of drug-likeness (QED) is 0.835. The molecule has 0 aromatic carbocycles. The van der Waals surface area contributed by atoms with Crippen molar-refractivity contribution in [1.82, 2.24) is 9.71 Å². The van der Waals surface area contributed by atoms with E-state index in [0.29, 0.717) is 31.7 Å². The molecule has 2 N–H and O–H groups in total. The highest BCUT2D eigenvalue weighted by molar-refractivity contribution is 7.90. The van der Waals surface area contributed by atoms with Crippen LogP contribution in [0.1, 0.15) is 32.6 Å². The van der Waals surface area contributed by atoms with Crippen LogP contribution in [-0.2, 0) is 14.8 Å². The normalized spacial score (nSPS) is 21.0. The predicted octanol–water partition coefficient (Wildman–Crippen LogP) is 0.648. The Morgan fingerprint density at radius 3 is 2.61 bits per heavy atom. The van der Waals surface area contributed by atoms with Crippen LogP contribution >= 0.6 is 0 Å². The van der Waals surface area contributed by atoms with Gasteiger partial charge in [-0.1, -0.05) is 6.07 Å². The van der Waals surface area contributed by atoms with Crippen molar-refractivity contribution < 1.29 is 18.3 Å². The molecule has 126 valence electrons. The fraction of sp³-hybridized carbons (Fsp3) is 0.600. The highest BCUT2D eigenvalue weighted by Gasteiger charge is 2.33. The number of piperidine rings is 1. The van der Waals surface area contributed by atoms with Crippen molar-refractivity contribution >= 4 is 21.7 Å².